The molecule has 4 aromatic rings. The molecule has 5 rings (SSSR count). The van der Waals surface area contributed by atoms with Crippen molar-refractivity contribution in [1.82, 2.24) is 9.88 Å². The van der Waals surface area contributed by atoms with Crippen LogP contribution in [0.3, 0.4) is 0 Å². The molecule has 2 aromatic heterocycles. The number of amides is 1. The predicted molar refractivity (Wildman–Crippen MR) is 125 cm³/mol. The topological polar surface area (TPSA) is 91.9 Å². The molecule has 0 unspecified atom stereocenters. The van der Waals surface area contributed by atoms with Crippen molar-refractivity contribution < 1.29 is 28.2 Å². The maximum absolute atomic E-state index is 12.9. The Morgan fingerprint density at radius 2 is 1.85 bits per heavy atom. The molecular weight excluding hydrogens is 436 g/mol. The molecule has 34 heavy (non-hydrogen) atoms. The van der Waals surface area contributed by atoms with Crippen molar-refractivity contribution in [3.05, 3.63) is 77.9 Å². The Labute approximate surface area is 196 Å². The minimum absolute atomic E-state index is 0.0544. The SMILES string of the molecule is COc1cc2c(cc1CNC(=O)Cn1cc(C(=O)c3ccco3)c3ccccc31)OCCCO2. The average Bonchev–Trinajstić information content (AvgIpc) is 3.45. The number of methoxy groups -OCH3 is 1. The molecule has 0 saturated carbocycles. The summed E-state index contributed by atoms with van der Waals surface area (Å²) in [7, 11) is 1.58. The zero-order valence-corrected chi connectivity index (χ0v) is 18.7. The van der Waals surface area contributed by atoms with Crippen molar-refractivity contribution in [2.75, 3.05) is 20.3 Å². The fourth-order valence-corrected chi connectivity index (χ4v) is 4.06. The van der Waals surface area contributed by atoms with Crippen LogP contribution in [0.1, 0.15) is 28.1 Å². The van der Waals surface area contributed by atoms with Crippen molar-refractivity contribution in [3.63, 3.8) is 0 Å². The van der Waals surface area contributed by atoms with Crippen molar-refractivity contribution in [2.24, 2.45) is 0 Å². The van der Waals surface area contributed by atoms with E-state index in [1.165, 1.54) is 6.26 Å². The highest BCUT2D eigenvalue weighted by Crippen LogP contribution is 2.36. The number of hydrogen-bond acceptors (Lipinski definition) is 6. The number of benzene rings is 2. The number of carbonyl (C=O) groups excluding carboxylic acids is 2. The molecule has 2 aromatic carbocycles. The molecule has 0 spiro atoms. The first-order valence-electron chi connectivity index (χ1n) is 11.0. The lowest BCUT2D eigenvalue weighted by atomic mass is 10.1. The minimum Gasteiger partial charge on any atom is -0.496 e. The third-order valence-electron chi connectivity index (χ3n) is 5.72. The summed E-state index contributed by atoms with van der Waals surface area (Å²) in [5.41, 5.74) is 2.06. The van der Waals surface area contributed by atoms with Gasteiger partial charge in [0, 0.05) is 41.7 Å². The number of fused-ring (bicyclic) bond motifs is 2. The van der Waals surface area contributed by atoms with Crippen molar-refractivity contribution >= 4 is 22.6 Å². The largest absolute Gasteiger partial charge is 0.496 e. The van der Waals surface area contributed by atoms with Crippen LogP contribution in [0.2, 0.25) is 0 Å². The fourth-order valence-electron chi connectivity index (χ4n) is 4.06. The molecule has 8 heteroatoms. The van der Waals surface area contributed by atoms with Crippen molar-refractivity contribution in [3.8, 4) is 17.2 Å². The summed E-state index contributed by atoms with van der Waals surface area (Å²) in [5, 5.41) is 3.70. The number of nitrogens with one attached hydrogen (secondary N) is 1. The molecule has 3 heterocycles. The first-order chi connectivity index (χ1) is 16.6. The summed E-state index contributed by atoms with van der Waals surface area (Å²) < 4.78 is 24.0. The summed E-state index contributed by atoms with van der Waals surface area (Å²) in [4.78, 5) is 25.7. The van der Waals surface area contributed by atoms with E-state index in [0.717, 1.165) is 22.9 Å². The van der Waals surface area contributed by atoms with Crippen molar-refractivity contribution in [1.29, 1.82) is 0 Å². The van der Waals surface area contributed by atoms with Crippen LogP contribution in [0, 0.1) is 0 Å². The van der Waals surface area contributed by atoms with Gasteiger partial charge in [-0.1, -0.05) is 18.2 Å². The van der Waals surface area contributed by atoms with Crippen LogP contribution in [0.4, 0.5) is 0 Å². The number of ether oxygens (including phenoxy) is 3. The number of ketones is 1. The van der Waals surface area contributed by atoms with E-state index in [1.807, 2.05) is 30.3 Å². The monoisotopic (exact) mass is 460 g/mol. The van der Waals surface area contributed by atoms with E-state index >= 15 is 0 Å². The van der Waals surface area contributed by atoms with Gasteiger partial charge in [0.25, 0.3) is 0 Å². The van der Waals surface area contributed by atoms with Crippen molar-refractivity contribution in [2.45, 2.75) is 19.5 Å². The molecule has 0 saturated heterocycles. The van der Waals surface area contributed by atoms with E-state index in [9.17, 15) is 9.59 Å². The van der Waals surface area contributed by atoms with E-state index < -0.39 is 0 Å². The minimum atomic E-state index is -0.225. The van der Waals surface area contributed by atoms with E-state index in [0.29, 0.717) is 36.0 Å². The number of para-hydroxylation sites is 1. The highest BCUT2D eigenvalue weighted by molar-refractivity contribution is 6.15. The van der Waals surface area contributed by atoms with E-state index in [1.54, 1.807) is 36.1 Å². The van der Waals surface area contributed by atoms with Gasteiger partial charge in [0.15, 0.2) is 17.3 Å². The lowest BCUT2D eigenvalue weighted by Gasteiger charge is -2.14. The van der Waals surface area contributed by atoms with Gasteiger partial charge in [-0.3, -0.25) is 9.59 Å². The van der Waals surface area contributed by atoms with Gasteiger partial charge in [0.1, 0.15) is 12.3 Å². The second-order valence-electron chi connectivity index (χ2n) is 7.93. The summed E-state index contributed by atoms with van der Waals surface area (Å²) in [6.45, 7) is 1.47. The second kappa shape index (κ2) is 9.35. The maximum Gasteiger partial charge on any atom is 0.240 e. The summed E-state index contributed by atoms with van der Waals surface area (Å²) in [6.07, 6.45) is 3.97. The second-order valence-corrected chi connectivity index (χ2v) is 7.93. The van der Waals surface area contributed by atoms with Gasteiger partial charge < -0.3 is 28.5 Å². The fraction of sp³-hybridized carbons (Fsp3) is 0.231. The van der Waals surface area contributed by atoms with Crippen LogP contribution in [-0.4, -0.2) is 36.6 Å². The number of aromatic nitrogens is 1. The molecule has 0 radical (unpaired) electrons. The average molecular weight is 460 g/mol. The lowest BCUT2D eigenvalue weighted by molar-refractivity contribution is -0.121. The number of hydrogen-bond donors (Lipinski definition) is 1. The highest BCUT2D eigenvalue weighted by atomic mass is 16.5. The molecule has 1 aliphatic rings. The molecule has 174 valence electrons. The van der Waals surface area contributed by atoms with Crippen LogP contribution in [0.15, 0.2) is 65.4 Å². The smallest absolute Gasteiger partial charge is 0.240 e. The van der Waals surface area contributed by atoms with Crippen LogP contribution in [-0.2, 0) is 17.9 Å². The molecule has 0 bridgehead atoms. The van der Waals surface area contributed by atoms with E-state index in [-0.39, 0.29) is 30.5 Å². The normalized spacial score (nSPS) is 12.9. The molecule has 0 aliphatic carbocycles. The molecule has 1 N–H and O–H groups in total. The number of carbonyl (C=O) groups is 2. The zero-order valence-electron chi connectivity index (χ0n) is 18.7. The van der Waals surface area contributed by atoms with E-state index in [2.05, 4.69) is 5.32 Å². The molecule has 1 aliphatic heterocycles. The number of furan rings is 1. The number of nitrogens with zero attached hydrogens (tertiary/aromatic N) is 1. The first-order valence-corrected chi connectivity index (χ1v) is 11.0. The lowest BCUT2D eigenvalue weighted by Crippen LogP contribution is -2.27. The Kier molecular flexibility index (Phi) is 5.95. The molecule has 1 amide bonds. The molecule has 0 atom stereocenters. The Morgan fingerprint density at radius 1 is 1.06 bits per heavy atom. The van der Waals surface area contributed by atoms with Crippen LogP contribution in [0.25, 0.3) is 10.9 Å². The first kappa shape index (κ1) is 21.6. The van der Waals surface area contributed by atoms with E-state index in [4.69, 9.17) is 18.6 Å². The summed E-state index contributed by atoms with van der Waals surface area (Å²) >= 11 is 0. The molecular formula is C26H24N2O6. The Hall–Kier alpha value is -4.20. The Bertz CT molecular complexity index is 1340. The van der Waals surface area contributed by atoms with Gasteiger partial charge >= 0.3 is 0 Å². The Balaban J connectivity index is 1.34. The predicted octanol–water partition coefficient (Wildman–Crippen LogP) is 3.95. The van der Waals surface area contributed by atoms with Gasteiger partial charge in [0.2, 0.25) is 11.7 Å². The van der Waals surface area contributed by atoms with Crippen LogP contribution in [0.5, 0.6) is 17.2 Å². The Morgan fingerprint density at radius 3 is 2.62 bits per heavy atom. The standard InChI is InChI=1S/C26H24N2O6/c1-31-22-13-24-23(33-10-5-11-34-24)12-17(22)14-27-25(29)16-28-15-19(18-6-2-3-7-20(18)28)26(30)21-8-4-9-32-21/h2-4,6-9,12-13,15H,5,10-11,14,16H2,1H3,(H,27,29). The zero-order chi connectivity index (χ0) is 23.5. The van der Waals surface area contributed by atoms with Gasteiger partial charge in [-0.25, -0.2) is 0 Å². The molecule has 8 nitrogen and oxygen atoms in total. The summed E-state index contributed by atoms with van der Waals surface area (Å²) in [5.74, 6) is 1.72. The molecule has 0 fully saturated rings. The maximum atomic E-state index is 12.9. The quantitative estimate of drug-likeness (QED) is 0.420. The van der Waals surface area contributed by atoms with Crippen LogP contribution < -0.4 is 19.5 Å². The van der Waals surface area contributed by atoms with Gasteiger partial charge in [-0.05, 0) is 24.3 Å². The van der Waals surface area contributed by atoms with Gasteiger partial charge in [-0.2, -0.15) is 0 Å². The van der Waals surface area contributed by atoms with Gasteiger partial charge in [-0.15, -0.1) is 0 Å². The van der Waals surface area contributed by atoms with Crippen LogP contribution >= 0.6 is 0 Å². The highest BCUT2D eigenvalue weighted by Gasteiger charge is 2.20. The summed E-state index contributed by atoms with van der Waals surface area (Å²) in [6, 6.07) is 14.4. The third-order valence-corrected chi connectivity index (χ3v) is 5.72. The number of rotatable bonds is 7. The van der Waals surface area contributed by atoms with Gasteiger partial charge in [0.05, 0.1) is 32.2 Å². The third kappa shape index (κ3) is 4.22.